The van der Waals surface area contributed by atoms with Crippen LogP contribution in [0.4, 0.5) is 23.2 Å². The molecule has 2 heterocycles. The van der Waals surface area contributed by atoms with E-state index < -0.39 is 23.5 Å². The number of hydrogen-bond donors (Lipinski definition) is 1. The Hall–Kier alpha value is -3.20. The monoisotopic (exact) mass is 447 g/mol. The van der Waals surface area contributed by atoms with E-state index in [2.05, 4.69) is 10.4 Å². The number of nitrogens with one attached hydrogen (secondary N) is 1. The molecule has 3 aromatic rings. The number of carbonyl (C=O) groups is 1. The quantitative estimate of drug-likeness (QED) is 0.544. The minimum absolute atomic E-state index is 0.218. The van der Waals surface area contributed by atoms with Crippen LogP contribution in [0.2, 0.25) is 0 Å². The summed E-state index contributed by atoms with van der Waals surface area (Å²) >= 11 is 0. The summed E-state index contributed by atoms with van der Waals surface area (Å²) < 4.78 is 60.4. The fourth-order valence-electron chi connectivity index (χ4n) is 3.70. The normalized spacial score (nSPS) is 15.0. The molecule has 1 N–H and O–H groups in total. The summed E-state index contributed by atoms with van der Waals surface area (Å²) in [5.74, 6) is -1.07. The number of benzene rings is 2. The van der Waals surface area contributed by atoms with Gasteiger partial charge in [0.25, 0.3) is 0 Å². The third kappa shape index (κ3) is 5.16. The number of alkyl halides is 3. The van der Waals surface area contributed by atoms with Crippen LogP contribution in [0.1, 0.15) is 30.0 Å². The summed E-state index contributed by atoms with van der Waals surface area (Å²) in [7, 11) is 0. The van der Waals surface area contributed by atoms with Crippen LogP contribution in [0.3, 0.4) is 0 Å². The fraction of sp³-hybridized carbons (Fsp3) is 0.304. The zero-order chi connectivity index (χ0) is 22.7. The first-order valence-corrected chi connectivity index (χ1v) is 10.2. The van der Waals surface area contributed by atoms with Crippen LogP contribution in [0, 0.1) is 5.82 Å². The molecule has 4 rings (SSSR count). The Bertz CT molecular complexity index is 1100. The highest BCUT2D eigenvalue weighted by atomic mass is 19.4. The van der Waals surface area contributed by atoms with Crippen LogP contribution in [0.5, 0.6) is 0 Å². The molecule has 1 fully saturated rings. The summed E-state index contributed by atoms with van der Waals surface area (Å²) in [5.41, 5.74) is 0.588. The predicted octanol–water partition coefficient (Wildman–Crippen LogP) is 5.24. The second-order valence-corrected chi connectivity index (χ2v) is 7.67. The standard InChI is InChI=1S/C23H21F4N3O2/c24-21-12-18(29-22(31)11-15-2-1-3-17(10-15)23(25,26)27)4-5-20(21)16-13-28-30(14-16)19-6-8-32-9-7-19/h1-5,10,12-14,19H,6-9,11H2,(H,29,31). The predicted molar refractivity (Wildman–Crippen MR) is 110 cm³/mol. The summed E-state index contributed by atoms with van der Waals surface area (Å²) in [4.78, 5) is 12.2. The molecule has 1 aliphatic rings. The third-order valence-corrected chi connectivity index (χ3v) is 5.35. The van der Waals surface area contributed by atoms with E-state index in [9.17, 15) is 22.4 Å². The zero-order valence-corrected chi connectivity index (χ0v) is 17.0. The third-order valence-electron chi connectivity index (χ3n) is 5.35. The van der Waals surface area contributed by atoms with E-state index >= 15 is 0 Å². The van der Waals surface area contributed by atoms with E-state index in [0.717, 1.165) is 25.0 Å². The van der Waals surface area contributed by atoms with Crippen molar-refractivity contribution in [2.75, 3.05) is 18.5 Å². The van der Waals surface area contributed by atoms with E-state index in [1.165, 1.54) is 18.2 Å². The molecular weight excluding hydrogens is 426 g/mol. The summed E-state index contributed by atoms with van der Waals surface area (Å²) in [6, 6.07) is 9.06. The molecule has 1 aliphatic heterocycles. The SMILES string of the molecule is O=C(Cc1cccc(C(F)(F)F)c1)Nc1ccc(-c2cnn(C3CCOCC3)c2)c(F)c1. The summed E-state index contributed by atoms with van der Waals surface area (Å²) in [6.45, 7) is 1.34. The maximum Gasteiger partial charge on any atom is 0.416 e. The molecule has 0 unspecified atom stereocenters. The first kappa shape index (κ1) is 22.0. The summed E-state index contributed by atoms with van der Waals surface area (Å²) in [6.07, 6.45) is 0.343. The van der Waals surface area contributed by atoms with Crippen molar-refractivity contribution in [3.63, 3.8) is 0 Å². The lowest BCUT2D eigenvalue weighted by molar-refractivity contribution is -0.137. The largest absolute Gasteiger partial charge is 0.416 e. The number of amides is 1. The van der Waals surface area contributed by atoms with Gasteiger partial charge in [-0.15, -0.1) is 0 Å². The van der Waals surface area contributed by atoms with Gasteiger partial charge in [0.1, 0.15) is 5.82 Å². The van der Waals surface area contributed by atoms with Crippen LogP contribution < -0.4 is 5.32 Å². The van der Waals surface area contributed by atoms with Gasteiger partial charge in [-0.05, 0) is 42.7 Å². The molecule has 0 aliphatic carbocycles. The molecule has 0 radical (unpaired) electrons. The van der Waals surface area contributed by atoms with Crippen LogP contribution in [0.15, 0.2) is 54.9 Å². The van der Waals surface area contributed by atoms with Crippen LogP contribution in [-0.4, -0.2) is 28.9 Å². The number of aromatic nitrogens is 2. The molecule has 9 heteroatoms. The number of rotatable bonds is 5. The summed E-state index contributed by atoms with van der Waals surface area (Å²) in [5, 5.41) is 6.87. The maximum absolute atomic E-state index is 14.7. The first-order valence-electron chi connectivity index (χ1n) is 10.2. The number of halogens is 4. The Morgan fingerprint density at radius 1 is 1.16 bits per heavy atom. The Balaban J connectivity index is 1.42. The average Bonchev–Trinajstić information content (AvgIpc) is 3.24. The average molecular weight is 447 g/mol. The molecule has 0 atom stereocenters. The topological polar surface area (TPSA) is 56.2 Å². The number of nitrogens with zero attached hydrogens (tertiary/aromatic N) is 2. The number of ether oxygens (including phenoxy) is 1. The van der Waals surface area contributed by atoms with Gasteiger partial charge in [0.05, 0.1) is 24.2 Å². The highest BCUT2D eigenvalue weighted by Gasteiger charge is 2.30. The van der Waals surface area contributed by atoms with Crippen molar-refractivity contribution in [2.24, 2.45) is 0 Å². The van der Waals surface area contributed by atoms with Crippen LogP contribution >= 0.6 is 0 Å². The van der Waals surface area contributed by atoms with Gasteiger partial charge in [0, 0.05) is 36.2 Å². The Kier molecular flexibility index (Phi) is 6.27. The molecule has 0 bridgehead atoms. The molecule has 1 saturated heterocycles. The van der Waals surface area contributed by atoms with Crippen molar-refractivity contribution in [1.82, 2.24) is 9.78 Å². The minimum atomic E-state index is -4.48. The molecule has 32 heavy (non-hydrogen) atoms. The van der Waals surface area contributed by atoms with Gasteiger partial charge in [-0.25, -0.2) is 4.39 Å². The van der Waals surface area contributed by atoms with Crippen molar-refractivity contribution < 1.29 is 27.1 Å². The molecule has 5 nitrogen and oxygen atoms in total. The van der Waals surface area contributed by atoms with Gasteiger partial charge in [-0.2, -0.15) is 18.3 Å². The van der Waals surface area contributed by atoms with Crippen LogP contribution in [0.25, 0.3) is 11.1 Å². The van der Waals surface area contributed by atoms with Crippen molar-refractivity contribution in [3.8, 4) is 11.1 Å². The molecule has 1 amide bonds. The Morgan fingerprint density at radius 3 is 2.66 bits per heavy atom. The lowest BCUT2D eigenvalue weighted by Crippen LogP contribution is -2.19. The lowest BCUT2D eigenvalue weighted by Gasteiger charge is -2.22. The lowest BCUT2D eigenvalue weighted by atomic mass is 10.1. The molecule has 1 aromatic heterocycles. The van der Waals surface area contributed by atoms with E-state index in [1.807, 2.05) is 4.68 Å². The van der Waals surface area contributed by atoms with Gasteiger partial charge < -0.3 is 10.1 Å². The van der Waals surface area contributed by atoms with Gasteiger partial charge in [-0.1, -0.05) is 18.2 Å². The number of hydrogen-bond acceptors (Lipinski definition) is 3. The van der Waals surface area contributed by atoms with Crippen molar-refractivity contribution in [2.45, 2.75) is 31.5 Å². The molecule has 0 saturated carbocycles. The highest BCUT2D eigenvalue weighted by Crippen LogP contribution is 2.30. The maximum atomic E-state index is 14.7. The van der Waals surface area contributed by atoms with E-state index in [0.29, 0.717) is 24.3 Å². The number of anilines is 1. The molecule has 0 spiro atoms. The van der Waals surface area contributed by atoms with E-state index in [4.69, 9.17) is 4.74 Å². The minimum Gasteiger partial charge on any atom is -0.381 e. The van der Waals surface area contributed by atoms with Crippen molar-refractivity contribution in [3.05, 3.63) is 71.8 Å². The fourth-order valence-corrected chi connectivity index (χ4v) is 3.70. The zero-order valence-electron chi connectivity index (χ0n) is 17.0. The molecule has 2 aromatic carbocycles. The van der Waals surface area contributed by atoms with Crippen molar-refractivity contribution in [1.29, 1.82) is 0 Å². The van der Waals surface area contributed by atoms with Gasteiger partial charge in [-0.3, -0.25) is 9.48 Å². The van der Waals surface area contributed by atoms with Crippen LogP contribution in [-0.2, 0) is 22.1 Å². The Labute approximate surface area is 182 Å². The first-order chi connectivity index (χ1) is 15.3. The van der Waals surface area contributed by atoms with E-state index in [-0.39, 0.29) is 23.7 Å². The van der Waals surface area contributed by atoms with Gasteiger partial charge in [0.2, 0.25) is 5.91 Å². The Morgan fingerprint density at radius 2 is 1.94 bits per heavy atom. The molecule has 168 valence electrons. The number of carbonyl (C=O) groups excluding carboxylic acids is 1. The van der Waals surface area contributed by atoms with Crippen molar-refractivity contribution >= 4 is 11.6 Å². The second-order valence-electron chi connectivity index (χ2n) is 7.67. The van der Waals surface area contributed by atoms with E-state index in [1.54, 1.807) is 24.5 Å². The second kappa shape index (κ2) is 9.12. The highest BCUT2D eigenvalue weighted by molar-refractivity contribution is 5.92. The van der Waals surface area contributed by atoms with Gasteiger partial charge in [0.15, 0.2) is 0 Å². The smallest absolute Gasteiger partial charge is 0.381 e. The van der Waals surface area contributed by atoms with Gasteiger partial charge >= 0.3 is 6.18 Å². The molecular formula is C23H21F4N3O2.